The van der Waals surface area contributed by atoms with Gasteiger partial charge in [-0.3, -0.25) is 0 Å². The second-order valence-electron chi connectivity index (χ2n) is 5.02. The summed E-state index contributed by atoms with van der Waals surface area (Å²) in [5.74, 6) is 0.976. The average molecular weight is 334 g/mol. The fourth-order valence-corrected chi connectivity index (χ4v) is 2.90. The molecular formula is C17H20BrNO. The van der Waals surface area contributed by atoms with Crippen LogP contribution < -0.4 is 10.1 Å². The molecule has 2 aromatic rings. The van der Waals surface area contributed by atoms with E-state index in [2.05, 4.69) is 71.5 Å². The Kier molecular flexibility index (Phi) is 5.21. The molecule has 0 aliphatic carbocycles. The maximum atomic E-state index is 6.06. The second-order valence-corrected chi connectivity index (χ2v) is 5.93. The highest BCUT2D eigenvalue weighted by atomic mass is 79.9. The first-order chi connectivity index (χ1) is 9.60. The standard InChI is InChI=1S/C17H20BrNO/c1-12-5-4-6-14(7-12)11-20-17-13(2)8-16(18)9-15(17)10-19-3/h4-9,19H,10-11H2,1-3H3. The number of benzene rings is 2. The highest BCUT2D eigenvalue weighted by Crippen LogP contribution is 2.28. The zero-order chi connectivity index (χ0) is 14.5. The largest absolute Gasteiger partial charge is 0.488 e. The third-order valence-corrected chi connectivity index (χ3v) is 3.61. The summed E-state index contributed by atoms with van der Waals surface area (Å²) in [6, 6.07) is 12.6. The number of ether oxygens (including phenoxy) is 1. The van der Waals surface area contributed by atoms with Gasteiger partial charge in [-0.05, 0) is 44.2 Å². The van der Waals surface area contributed by atoms with Crippen LogP contribution in [0.2, 0.25) is 0 Å². The van der Waals surface area contributed by atoms with Gasteiger partial charge in [0.1, 0.15) is 12.4 Å². The molecule has 0 unspecified atom stereocenters. The lowest BCUT2D eigenvalue weighted by molar-refractivity contribution is 0.300. The highest BCUT2D eigenvalue weighted by Gasteiger charge is 2.09. The van der Waals surface area contributed by atoms with Crippen LogP contribution in [0.4, 0.5) is 0 Å². The van der Waals surface area contributed by atoms with E-state index in [0.717, 1.165) is 22.3 Å². The molecule has 20 heavy (non-hydrogen) atoms. The zero-order valence-electron chi connectivity index (χ0n) is 12.2. The van der Waals surface area contributed by atoms with Gasteiger partial charge in [0.15, 0.2) is 0 Å². The minimum atomic E-state index is 0.598. The first-order valence-electron chi connectivity index (χ1n) is 6.72. The number of aryl methyl sites for hydroxylation is 2. The van der Waals surface area contributed by atoms with E-state index in [-0.39, 0.29) is 0 Å². The molecule has 2 rings (SSSR count). The Morgan fingerprint density at radius 2 is 1.95 bits per heavy atom. The first kappa shape index (κ1) is 15.1. The number of nitrogens with one attached hydrogen (secondary N) is 1. The normalized spacial score (nSPS) is 10.6. The molecule has 0 amide bonds. The predicted molar refractivity (Wildman–Crippen MR) is 87.2 cm³/mol. The summed E-state index contributed by atoms with van der Waals surface area (Å²) in [5, 5.41) is 3.19. The molecule has 0 atom stereocenters. The summed E-state index contributed by atoms with van der Waals surface area (Å²) in [6.07, 6.45) is 0. The van der Waals surface area contributed by atoms with Gasteiger partial charge in [0.2, 0.25) is 0 Å². The molecule has 0 saturated heterocycles. The van der Waals surface area contributed by atoms with Gasteiger partial charge in [0.25, 0.3) is 0 Å². The molecule has 0 aliphatic rings. The lowest BCUT2D eigenvalue weighted by Crippen LogP contribution is -2.08. The van der Waals surface area contributed by atoms with E-state index < -0.39 is 0 Å². The van der Waals surface area contributed by atoms with Crippen LogP contribution >= 0.6 is 15.9 Å². The molecule has 0 aromatic heterocycles. The Bertz CT molecular complexity index is 596. The van der Waals surface area contributed by atoms with E-state index >= 15 is 0 Å². The topological polar surface area (TPSA) is 21.3 Å². The molecule has 1 N–H and O–H groups in total. The minimum Gasteiger partial charge on any atom is -0.488 e. The molecule has 0 heterocycles. The van der Waals surface area contributed by atoms with Crippen molar-refractivity contribution in [3.63, 3.8) is 0 Å². The molecule has 0 saturated carbocycles. The Morgan fingerprint density at radius 1 is 1.15 bits per heavy atom. The molecule has 106 valence electrons. The van der Waals surface area contributed by atoms with Crippen molar-refractivity contribution in [1.82, 2.24) is 5.32 Å². The van der Waals surface area contributed by atoms with Crippen molar-refractivity contribution >= 4 is 15.9 Å². The van der Waals surface area contributed by atoms with Gasteiger partial charge < -0.3 is 10.1 Å². The Hall–Kier alpha value is -1.32. The molecule has 2 nitrogen and oxygen atoms in total. The van der Waals surface area contributed by atoms with E-state index in [4.69, 9.17) is 4.74 Å². The fraction of sp³-hybridized carbons (Fsp3) is 0.294. The summed E-state index contributed by atoms with van der Waals surface area (Å²) in [4.78, 5) is 0. The molecule has 0 aliphatic heterocycles. The molecule has 3 heteroatoms. The van der Waals surface area contributed by atoms with Gasteiger partial charge in [0, 0.05) is 16.6 Å². The van der Waals surface area contributed by atoms with Crippen molar-refractivity contribution in [2.75, 3.05) is 7.05 Å². The maximum Gasteiger partial charge on any atom is 0.127 e. The van der Waals surface area contributed by atoms with Gasteiger partial charge in [0.05, 0.1) is 0 Å². The van der Waals surface area contributed by atoms with Crippen LogP contribution in [0.15, 0.2) is 40.9 Å². The average Bonchev–Trinajstić information content (AvgIpc) is 2.38. The molecule has 0 bridgehead atoms. The highest BCUT2D eigenvalue weighted by molar-refractivity contribution is 9.10. The van der Waals surface area contributed by atoms with Crippen LogP contribution in [0.1, 0.15) is 22.3 Å². The Balaban J connectivity index is 2.20. The van der Waals surface area contributed by atoms with Gasteiger partial charge in [-0.2, -0.15) is 0 Å². The van der Waals surface area contributed by atoms with Crippen molar-refractivity contribution in [3.05, 3.63) is 63.1 Å². The summed E-state index contributed by atoms with van der Waals surface area (Å²) in [7, 11) is 1.95. The van der Waals surface area contributed by atoms with Crippen LogP contribution in [0, 0.1) is 13.8 Å². The van der Waals surface area contributed by atoms with Gasteiger partial charge in [-0.25, -0.2) is 0 Å². The van der Waals surface area contributed by atoms with Crippen LogP contribution in [0.5, 0.6) is 5.75 Å². The third kappa shape index (κ3) is 3.84. The maximum absolute atomic E-state index is 6.06. The quantitative estimate of drug-likeness (QED) is 0.877. The Labute approximate surface area is 129 Å². The number of halogens is 1. The van der Waals surface area contributed by atoms with Crippen LogP contribution in [0.3, 0.4) is 0 Å². The van der Waals surface area contributed by atoms with E-state index in [9.17, 15) is 0 Å². The van der Waals surface area contributed by atoms with Crippen LogP contribution in [-0.2, 0) is 13.2 Å². The zero-order valence-corrected chi connectivity index (χ0v) is 13.8. The molecule has 0 fully saturated rings. The third-order valence-electron chi connectivity index (χ3n) is 3.15. The van der Waals surface area contributed by atoms with Gasteiger partial charge >= 0.3 is 0 Å². The van der Waals surface area contributed by atoms with Crippen molar-refractivity contribution < 1.29 is 4.74 Å². The fourth-order valence-electron chi connectivity index (χ4n) is 2.29. The lowest BCUT2D eigenvalue weighted by Gasteiger charge is -2.15. The van der Waals surface area contributed by atoms with E-state index in [1.165, 1.54) is 16.7 Å². The van der Waals surface area contributed by atoms with Gasteiger partial charge in [-0.1, -0.05) is 45.8 Å². The van der Waals surface area contributed by atoms with E-state index in [1.54, 1.807) is 0 Å². The number of hydrogen-bond donors (Lipinski definition) is 1. The monoisotopic (exact) mass is 333 g/mol. The summed E-state index contributed by atoms with van der Waals surface area (Å²) >= 11 is 3.54. The Morgan fingerprint density at radius 3 is 2.65 bits per heavy atom. The lowest BCUT2D eigenvalue weighted by atomic mass is 10.1. The first-order valence-corrected chi connectivity index (χ1v) is 7.51. The number of rotatable bonds is 5. The van der Waals surface area contributed by atoms with Crippen LogP contribution in [-0.4, -0.2) is 7.05 Å². The SMILES string of the molecule is CNCc1cc(Br)cc(C)c1OCc1cccc(C)c1. The molecule has 0 spiro atoms. The summed E-state index contributed by atoms with van der Waals surface area (Å²) in [5.41, 5.74) is 4.78. The molecular weight excluding hydrogens is 314 g/mol. The predicted octanol–water partition coefficient (Wildman–Crippen LogP) is 4.36. The summed E-state index contributed by atoms with van der Waals surface area (Å²) < 4.78 is 7.14. The van der Waals surface area contributed by atoms with Crippen LogP contribution in [0.25, 0.3) is 0 Å². The van der Waals surface area contributed by atoms with Crippen molar-refractivity contribution in [1.29, 1.82) is 0 Å². The smallest absolute Gasteiger partial charge is 0.127 e. The van der Waals surface area contributed by atoms with E-state index in [1.807, 2.05) is 7.05 Å². The minimum absolute atomic E-state index is 0.598. The molecule has 0 radical (unpaired) electrons. The number of hydrogen-bond acceptors (Lipinski definition) is 2. The van der Waals surface area contributed by atoms with E-state index in [0.29, 0.717) is 6.61 Å². The van der Waals surface area contributed by atoms with Gasteiger partial charge in [-0.15, -0.1) is 0 Å². The van der Waals surface area contributed by atoms with Crippen molar-refractivity contribution in [3.8, 4) is 5.75 Å². The molecule has 2 aromatic carbocycles. The van der Waals surface area contributed by atoms with Crippen molar-refractivity contribution in [2.45, 2.75) is 27.0 Å². The summed E-state index contributed by atoms with van der Waals surface area (Å²) in [6.45, 7) is 5.57. The second kappa shape index (κ2) is 6.91. The van der Waals surface area contributed by atoms with Crippen molar-refractivity contribution in [2.24, 2.45) is 0 Å².